The van der Waals surface area contributed by atoms with Crippen molar-refractivity contribution in [3.8, 4) is 0 Å². The summed E-state index contributed by atoms with van der Waals surface area (Å²) < 4.78 is 0. The van der Waals surface area contributed by atoms with Crippen LogP contribution in [0, 0.1) is 5.92 Å². The van der Waals surface area contributed by atoms with E-state index in [9.17, 15) is 48.9 Å². The molecule has 1 aromatic heterocycles. The topological polar surface area (TPSA) is 320 Å². The van der Waals surface area contributed by atoms with E-state index in [0.717, 1.165) is 38.1 Å². The number of H-pyrrole nitrogens is 1. The number of para-hydroxylation sites is 1. The molecule has 384 valence electrons. The summed E-state index contributed by atoms with van der Waals surface area (Å²) in [5.41, 5.74) is 15.0. The number of nitrogens with one attached hydrogen (secondary N) is 7. The van der Waals surface area contributed by atoms with E-state index in [-0.39, 0.29) is 50.2 Å². The minimum Gasteiger partial charge on any atom is -0.396 e. The van der Waals surface area contributed by atoms with Gasteiger partial charge in [0, 0.05) is 60.4 Å². The Morgan fingerprint density at radius 2 is 1.31 bits per heavy atom. The molecule has 19 nitrogen and oxygen atoms in total. The van der Waals surface area contributed by atoms with Crippen molar-refractivity contribution in [1.29, 1.82) is 0 Å². The molecule has 0 bridgehead atoms. The molecule has 1 fully saturated rings. The lowest BCUT2D eigenvalue weighted by atomic mass is 9.95. The van der Waals surface area contributed by atoms with E-state index in [1.54, 1.807) is 48.7 Å². The second-order valence-corrected chi connectivity index (χ2v) is 20.3. The van der Waals surface area contributed by atoms with Gasteiger partial charge in [-0.2, -0.15) is 0 Å². The van der Waals surface area contributed by atoms with Crippen molar-refractivity contribution in [3.63, 3.8) is 0 Å². The van der Waals surface area contributed by atoms with Crippen LogP contribution in [0.15, 0.2) is 91.1 Å². The number of carbonyl (C=O) groups is 7. The van der Waals surface area contributed by atoms with Crippen molar-refractivity contribution >= 4 is 73.7 Å². The fourth-order valence-electron chi connectivity index (χ4n) is 7.95. The largest absolute Gasteiger partial charge is 0.396 e. The molecule has 10 atom stereocenters. The zero-order valence-corrected chi connectivity index (χ0v) is 41.5. The van der Waals surface area contributed by atoms with Crippen LogP contribution in [0.3, 0.4) is 0 Å². The first kappa shape index (κ1) is 56.1. The van der Waals surface area contributed by atoms with Gasteiger partial charge >= 0.3 is 0 Å². The third kappa shape index (κ3) is 17.2. The summed E-state index contributed by atoms with van der Waals surface area (Å²) in [5, 5.41) is 48.3. The Morgan fingerprint density at radius 3 is 1.96 bits per heavy atom. The van der Waals surface area contributed by atoms with E-state index < -0.39 is 108 Å². The Balaban J connectivity index is 1.56. The molecule has 14 N–H and O–H groups in total. The molecule has 5 rings (SSSR count). The van der Waals surface area contributed by atoms with Crippen LogP contribution in [0.1, 0.15) is 56.2 Å². The number of aromatic nitrogens is 1. The Kier molecular flexibility index (Phi) is 22.4. The summed E-state index contributed by atoms with van der Waals surface area (Å²) >= 11 is 0. The van der Waals surface area contributed by atoms with Crippen LogP contribution in [0.2, 0.25) is 0 Å². The maximum Gasteiger partial charge on any atom is 0.245 e. The SMILES string of the molecule is C[C@@H](O)[C@@H](CO)CC(=O)[C@@H]1CSSC[C@H](NC(=O)[C@H](N)Cc2ccccc2)C(=O)N[C@@H](Cc2ccccc2)C(=O)N[C@H](Cc2c[nH]c3ccccc23)C(=O)N[C@@H](CCCCN)C(=O)N[C@@H]([C@@H](C)O)C(=O)N1. The number of ketones is 1. The monoisotopic (exact) mass is 1020 g/mol. The number of rotatable bonds is 18. The minimum absolute atomic E-state index is 0.0362. The molecule has 0 spiro atoms. The number of carbonyl (C=O) groups excluding carboxylic acids is 7. The summed E-state index contributed by atoms with van der Waals surface area (Å²) in [6, 6.07) is 16.0. The zero-order chi connectivity index (χ0) is 51.5. The van der Waals surface area contributed by atoms with Crippen LogP contribution in [-0.4, -0.2) is 141 Å². The molecule has 1 aliphatic heterocycles. The van der Waals surface area contributed by atoms with Crippen LogP contribution in [0.25, 0.3) is 10.9 Å². The summed E-state index contributed by atoms with van der Waals surface area (Å²) in [6.45, 7) is 2.42. The highest BCUT2D eigenvalue weighted by Gasteiger charge is 2.36. The number of Topliss-reactive ketones (excluding diaryl/α,β-unsaturated/α-hetero) is 1. The second kappa shape index (κ2) is 28.3. The van der Waals surface area contributed by atoms with Crippen LogP contribution in [0.4, 0.5) is 0 Å². The summed E-state index contributed by atoms with van der Waals surface area (Å²) in [4.78, 5) is 103. The van der Waals surface area contributed by atoms with Gasteiger partial charge in [-0.15, -0.1) is 0 Å². The van der Waals surface area contributed by atoms with Gasteiger partial charge < -0.3 is 63.7 Å². The minimum atomic E-state index is -1.63. The maximum absolute atomic E-state index is 14.7. The van der Waals surface area contributed by atoms with Gasteiger partial charge in [0.15, 0.2) is 5.78 Å². The van der Waals surface area contributed by atoms with Gasteiger partial charge in [-0.3, -0.25) is 33.6 Å². The van der Waals surface area contributed by atoms with Crippen molar-refractivity contribution in [3.05, 3.63) is 108 Å². The number of fused-ring (bicyclic) bond motifs is 1. The standard InChI is InChI=1S/C50H67N9O10S2/c1-29(61)34(26-60)24-43(63)41-27-70-71-28-42(58-45(64)36(52)21-31-13-5-3-6-14-31)49(68)55-39(22-32-15-7-4-8-16-32)47(66)56-40(23-33-25-53-37-18-10-9-17-35(33)37)48(67)54-38(19-11-12-20-51)46(65)59-44(30(2)62)50(69)57-41/h3-10,13-18,25,29-30,34,36,38-42,44,53,60-62H,11-12,19-24,26-28,51-52H2,1-2H3,(H,54,67)(H,55,68)(H,56,66)(H,57,69)(H,58,64)(H,59,65)/t29-,30-,34-,36-,38+,39+,40-,41+,42+,44+/m1/s1. The lowest BCUT2D eigenvalue weighted by Gasteiger charge is -2.29. The van der Waals surface area contributed by atoms with E-state index in [2.05, 4.69) is 36.9 Å². The van der Waals surface area contributed by atoms with Gasteiger partial charge in [0.2, 0.25) is 35.4 Å². The van der Waals surface area contributed by atoms with Crippen molar-refractivity contribution in [2.75, 3.05) is 24.7 Å². The molecule has 2 heterocycles. The van der Waals surface area contributed by atoms with Crippen LogP contribution >= 0.6 is 21.6 Å². The van der Waals surface area contributed by atoms with E-state index in [1.807, 2.05) is 42.5 Å². The number of aromatic amines is 1. The molecule has 1 aliphatic rings. The lowest BCUT2D eigenvalue weighted by Crippen LogP contribution is -2.61. The first-order chi connectivity index (χ1) is 34.1. The number of nitrogens with two attached hydrogens (primary N) is 2. The average molecular weight is 1020 g/mol. The Hall–Kier alpha value is -5.81. The van der Waals surface area contributed by atoms with E-state index >= 15 is 0 Å². The molecular formula is C50H67N9O10S2. The van der Waals surface area contributed by atoms with Crippen molar-refractivity contribution in [2.45, 2.75) is 113 Å². The van der Waals surface area contributed by atoms with Gasteiger partial charge in [0.25, 0.3) is 0 Å². The highest BCUT2D eigenvalue weighted by Crippen LogP contribution is 2.25. The fourth-order valence-corrected chi connectivity index (χ4v) is 10.3. The number of unbranched alkanes of at least 4 members (excludes halogenated alkanes) is 1. The van der Waals surface area contributed by atoms with E-state index in [0.29, 0.717) is 24.0 Å². The third-order valence-corrected chi connectivity index (χ3v) is 14.6. The first-order valence-electron chi connectivity index (χ1n) is 23.7. The molecule has 0 saturated carbocycles. The smallest absolute Gasteiger partial charge is 0.245 e. The van der Waals surface area contributed by atoms with Crippen molar-refractivity contribution in [2.24, 2.45) is 17.4 Å². The van der Waals surface area contributed by atoms with Crippen LogP contribution in [-0.2, 0) is 52.8 Å². The number of hydrogen-bond acceptors (Lipinski definition) is 14. The molecule has 71 heavy (non-hydrogen) atoms. The maximum atomic E-state index is 14.7. The second-order valence-electron chi connectivity index (χ2n) is 17.8. The van der Waals surface area contributed by atoms with E-state index in [4.69, 9.17) is 11.5 Å². The summed E-state index contributed by atoms with van der Waals surface area (Å²) in [5.74, 6) is -6.46. The number of amides is 6. The number of aliphatic hydroxyl groups excluding tert-OH is 3. The lowest BCUT2D eigenvalue weighted by molar-refractivity contribution is -0.136. The fraction of sp³-hybridized carbons (Fsp3) is 0.460. The molecule has 3 aromatic carbocycles. The number of benzene rings is 3. The molecular weight excluding hydrogens is 951 g/mol. The van der Waals surface area contributed by atoms with Gasteiger partial charge in [-0.1, -0.05) is 100 Å². The van der Waals surface area contributed by atoms with Crippen molar-refractivity contribution in [1.82, 2.24) is 36.9 Å². The summed E-state index contributed by atoms with van der Waals surface area (Å²) in [7, 11) is 2.13. The van der Waals surface area contributed by atoms with Gasteiger partial charge in [0.1, 0.15) is 30.2 Å². The van der Waals surface area contributed by atoms with Crippen molar-refractivity contribution < 1.29 is 48.9 Å². The van der Waals surface area contributed by atoms with Gasteiger partial charge in [0.05, 0.1) is 24.3 Å². The molecule has 4 aromatic rings. The zero-order valence-electron chi connectivity index (χ0n) is 39.9. The number of aliphatic hydroxyl groups is 3. The highest BCUT2D eigenvalue weighted by molar-refractivity contribution is 8.76. The predicted molar refractivity (Wildman–Crippen MR) is 273 cm³/mol. The first-order valence-corrected chi connectivity index (χ1v) is 26.2. The molecule has 0 radical (unpaired) electrons. The van der Waals surface area contributed by atoms with Gasteiger partial charge in [-0.25, -0.2) is 0 Å². The molecule has 1 saturated heterocycles. The molecule has 0 aliphatic carbocycles. The van der Waals surface area contributed by atoms with Crippen LogP contribution < -0.4 is 43.4 Å². The normalized spacial score (nSPS) is 22.9. The Morgan fingerprint density at radius 1 is 0.718 bits per heavy atom. The summed E-state index contributed by atoms with van der Waals surface area (Å²) in [6.07, 6.45) is -0.326. The molecule has 21 heteroatoms. The van der Waals surface area contributed by atoms with Gasteiger partial charge in [-0.05, 0) is 68.8 Å². The molecule has 0 unspecified atom stereocenters. The van der Waals surface area contributed by atoms with E-state index in [1.165, 1.54) is 13.8 Å². The number of hydrogen-bond donors (Lipinski definition) is 12. The Bertz CT molecular complexity index is 2390. The quantitative estimate of drug-likeness (QED) is 0.0471. The van der Waals surface area contributed by atoms with Crippen LogP contribution in [0.5, 0.6) is 0 Å². The highest BCUT2D eigenvalue weighted by atomic mass is 33.1. The Labute approximate surface area is 421 Å². The predicted octanol–water partition coefficient (Wildman–Crippen LogP) is 0.285. The molecule has 6 amide bonds. The third-order valence-electron chi connectivity index (χ3n) is 12.2. The average Bonchev–Trinajstić information content (AvgIpc) is 3.76.